The van der Waals surface area contributed by atoms with E-state index in [-0.39, 0.29) is 0 Å². The second-order valence-corrected chi connectivity index (χ2v) is 2.52. The number of carbonyl (C=O) groups excluding carboxylic acids is 1. The van der Waals surface area contributed by atoms with Crippen molar-refractivity contribution in [3.8, 4) is 0 Å². The predicted octanol–water partition coefficient (Wildman–Crippen LogP) is -0.518. The molecule has 0 aromatic rings. The van der Waals surface area contributed by atoms with Crippen LogP contribution in [0.3, 0.4) is 0 Å². The van der Waals surface area contributed by atoms with Gasteiger partial charge in [-0.2, -0.15) is 0 Å². The summed E-state index contributed by atoms with van der Waals surface area (Å²) in [6.07, 6.45) is 1.31. The largest absolute Gasteiger partial charge is 0.466 e. The van der Waals surface area contributed by atoms with Crippen LogP contribution < -0.4 is 0 Å². The first-order chi connectivity index (χ1) is 5.41. The van der Waals surface area contributed by atoms with Gasteiger partial charge in [-0.15, -0.1) is 0 Å². The standard InChI is InChI=1S/C5H8O2.H3O4P/c1-2-7-5-3-4-6;1-5(2,3)4/h3H,2,5H2,1H3;(H3,1,2,3,4). The van der Waals surface area contributed by atoms with Gasteiger partial charge in [-0.05, 0) is 6.92 Å². The molecule has 0 radical (unpaired) electrons. The lowest BCUT2D eigenvalue weighted by atomic mass is 10.7. The highest BCUT2D eigenvalue weighted by Gasteiger charge is 2.00. The van der Waals surface area contributed by atoms with Gasteiger partial charge in [0.2, 0.25) is 0 Å². The Morgan fingerprint density at radius 2 is 1.92 bits per heavy atom. The van der Waals surface area contributed by atoms with Crippen molar-refractivity contribution >= 4 is 13.8 Å². The molecule has 0 aliphatic rings. The number of rotatable bonds is 3. The average Bonchev–Trinajstić information content (AvgIpc) is 1.85. The zero-order valence-corrected chi connectivity index (χ0v) is 7.40. The third-order valence-corrected chi connectivity index (χ3v) is 0.489. The van der Waals surface area contributed by atoms with Gasteiger partial charge < -0.3 is 19.4 Å². The molecule has 0 aromatic carbocycles. The molecular formula is C5H11O6P. The summed E-state index contributed by atoms with van der Waals surface area (Å²) < 4.78 is 13.6. The first-order valence-corrected chi connectivity index (χ1v) is 4.53. The molecule has 72 valence electrons. The summed E-state index contributed by atoms with van der Waals surface area (Å²) in [5.74, 6) is 1.60. The molecule has 0 aromatic heterocycles. The van der Waals surface area contributed by atoms with Gasteiger partial charge in [0.25, 0.3) is 0 Å². The molecule has 0 spiro atoms. The Kier molecular flexibility index (Phi) is 10.1. The van der Waals surface area contributed by atoms with Crippen LogP contribution in [0, 0.1) is 0 Å². The zero-order chi connectivity index (χ0) is 10.0. The SMILES string of the molecule is CCOCC=C=O.O=P(O)(O)O. The first kappa shape index (κ1) is 14.1. The van der Waals surface area contributed by atoms with Crippen molar-refractivity contribution in [2.45, 2.75) is 6.92 Å². The van der Waals surface area contributed by atoms with Crippen LogP contribution >= 0.6 is 7.82 Å². The Morgan fingerprint density at radius 1 is 1.50 bits per heavy atom. The molecule has 0 rings (SSSR count). The summed E-state index contributed by atoms with van der Waals surface area (Å²) in [5.41, 5.74) is 0. The molecule has 0 saturated carbocycles. The molecule has 0 atom stereocenters. The quantitative estimate of drug-likeness (QED) is 0.320. The summed E-state index contributed by atoms with van der Waals surface area (Å²) in [6.45, 7) is 2.91. The lowest BCUT2D eigenvalue weighted by Crippen LogP contribution is -1.87. The van der Waals surface area contributed by atoms with Gasteiger partial charge in [-0.3, -0.25) is 0 Å². The Labute approximate surface area is 69.7 Å². The van der Waals surface area contributed by atoms with E-state index in [1.807, 2.05) is 6.92 Å². The zero-order valence-electron chi connectivity index (χ0n) is 6.51. The van der Waals surface area contributed by atoms with Crippen molar-refractivity contribution in [1.29, 1.82) is 0 Å². The van der Waals surface area contributed by atoms with E-state index in [1.54, 1.807) is 5.94 Å². The minimum atomic E-state index is -4.64. The summed E-state index contributed by atoms with van der Waals surface area (Å²) in [4.78, 5) is 31.0. The molecule has 0 aliphatic heterocycles. The Morgan fingerprint density at radius 3 is 2.17 bits per heavy atom. The molecule has 12 heavy (non-hydrogen) atoms. The van der Waals surface area contributed by atoms with E-state index in [4.69, 9.17) is 24.0 Å². The van der Waals surface area contributed by atoms with Gasteiger partial charge in [-0.25, -0.2) is 9.36 Å². The third kappa shape index (κ3) is 55.8. The Hall–Kier alpha value is -0.480. The highest BCUT2D eigenvalue weighted by atomic mass is 31.2. The lowest BCUT2D eigenvalue weighted by Gasteiger charge is -1.87. The summed E-state index contributed by atoms with van der Waals surface area (Å²) in [5, 5.41) is 0. The molecular weight excluding hydrogens is 187 g/mol. The van der Waals surface area contributed by atoms with E-state index in [1.165, 1.54) is 6.08 Å². The van der Waals surface area contributed by atoms with Crippen LogP contribution in [0.2, 0.25) is 0 Å². The predicted molar refractivity (Wildman–Crippen MR) is 41.0 cm³/mol. The number of ether oxygens (including phenoxy) is 1. The van der Waals surface area contributed by atoms with Crippen molar-refractivity contribution in [3.63, 3.8) is 0 Å². The average molecular weight is 198 g/mol. The second kappa shape index (κ2) is 8.62. The highest BCUT2D eigenvalue weighted by molar-refractivity contribution is 7.45. The van der Waals surface area contributed by atoms with Gasteiger partial charge >= 0.3 is 7.82 Å². The van der Waals surface area contributed by atoms with Crippen LogP contribution in [0.4, 0.5) is 0 Å². The van der Waals surface area contributed by atoms with Crippen molar-refractivity contribution < 1.29 is 28.8 Å². The van der Waals surface area contributed by atoms with Crippen LogP contribution in [0.5, 0.6) is 0 Å². The van der Waals surface area contributed by atoms with Crippen molar-refractivity contribution in [1.82, 2.24) is 0 Å². The fourth-order valence-corrected chi connectivity index (χ4v) is 0.211. The van der Waals surface area contributed by atoms with Crippen LogP contribution in [-0.2, 0) is 14.1 Å². The van der Waals surface area contributed by atoms with Gasteiger partial charge in [0.15, 0.2) is 0 Å². The van der Waals surface area contributed by atoms with Crippen molar-refractivity contribution in [3.05, 3.63) is 6.08 Å². The van der Waals surface area contributed by atoms with Gasteiger partial charge in [-0.1, -0.05) is 0 Å². The van der Waals surface area contributed by atoms with E-state index in [0.29, 0.717) is 13.2 Å². The minimum absolute atomic E-state index is 0.389. The van der Waals surface area contributed by atoms with E-state index in [2.05, 4.69) is 0 Å². The van der Waals surface area contributed by atoms with Crippen LogP contribution in [0.1, 0.15) is 6.92 Å². The highest BCUT2D eigenvalue weighted by Crippen LogP contribution is 2.25. The maximum absolute atomic E-state index is 9.42. The van der Waals surface area contributed by atoms with Crippen LogP contribution in [-0.4, -0.2) is 33.8 Å². The molecule has 0 heterocycles. The van der Waals surface area contributed by atoms with Gasteiger partial charge in [0, 0.05) is 12.7 Å². The summed E-state index contributed by atoms with van der Waals surface area (Å²) in [6, 6.07) is 0. The monoisotopic (exact) mass is 198 g/mol. The number of hydrogen-bond acceptors (Lipinski definition) is 3. The molecule has 0 aliphatic carbocycles. The van der Waals surface area contributed by atoms with E-state index in [9.17, 15) is 4.79 Å². The fourth-order valence-electron chi connectivity index (χ4n) is 0.211. The Bertz CT molecular complexity index is 170. The topological polar surface area (TPSA) is 104 Å². The lowest BCUT2D eigenvalue weighted by molar-refractivity contribution is 0.178. The van der Waals surface area contributed by atoms with Gasteiger partial charge in [0.05, 0.1) is 6.61 Å². The van der Waals surface area contributed by atoms with Crippen LogP contribution in [0.15, 0.2) is 6.08 Å². The molecule has 0 bridgehead atoms. The molecule has 0 amide bonds. The van der Waals surface area contributed by atoms with Crippen molar-refractivity contribution in [2.24, 2.45) is 0 Å². The maximum Gasteiger partial charge on any atom is 0.466 e. The van der Waals surface area contributed by atoms with Gasteiger partial charge in [0.1, 0.15) is 5.94 Å². The molecule has 0 unspecified atom stereocenters. The first-order valence-electron chi connectivity index (χ1n) is 2.97. The van der Waals surface area contributed by atoms with E-state index < -0.39 is 7.82 Å². The molecule has 6 nitrogen and oxygen atoms in total. The second-order valence-electron chi connectivity index (χ2n) is 1.49. The summed E-state index contributed by atoms with van der Waals surface area (Å²) >= 11 is 0. The smallest absolute Gasteiger partial charge is 0.377 e. The molecule has 7 heteroatoms. The number of phosphoric acid groups is 1. The molecule has 0 saturated heterocycles. The van der Waals surface area contributed by atoms with E-state index >= 15 is 0 Å². The number of hydrogen-bond donors (Lipinski definition) is 3. The Balaban J connectivity index is 0. The van der Waals surface area contributed by atoms with Crippen molar-refractivity contribution in [2.75, 3.05) is 13.2 Å². The third-order valence-electron chi connectivity index (χ3n) is 0.489. The molecule has 3 N–H and O–H groups in total. The van der Waals surface area contributed by atoms with Crippen LogP contribution in [0.25, 0.3) is 0 Å². The van der Waals surface area contributed by atoms with E-state index in [0.717, 1.165) is 0 Å². The minimum Gasteiger partial charge on any atom is -0.377 e. The fraction of sp³-hybridized carbons (Fsp3) is 0.600. The normalized spacial score (nSPS) is 9.33. The summed E-state index contributed by atoms with van der Waals surface area (Å²) in [7, 11) is -4.64. The molecule has 0 fully saturated rings. The maximum atomic E-state index is 9.42.